The average molecular weight is 258 g/mol. The minimum atomic E-state index is -0.422. The van der Waals surface area contributed by atoms with E-state index in [-0.39, 0.29) is 39.7 Å². The number of aromatic nitrogens is 2. The fourth-order valence-electron chi connectivity index (χ4n) is 2.32. The highest BCUT2D eigenvalue weighted by Crippen LogP contribution is 2.37. The Hall–Kier alpha value is -2.63. The Morgan fingerprint density at radius 3 is 2.63 bits per heavy atom. The summed E-state index contributed by atoms with van der Waals surface area (Å²) in [6.45, 7) is 0. The third-order valence-corrected chi connectivity index (χ3v) is 3.22. The van der Waals surface area contributed by atoms with Crippen LogP contribution >= 0.6 is 0 Å². The molecule has 1 aromatic heterocycles. The number of aromatic hydroxyl groups is 1. The first-order valence-electron chi connectivity index (χ1n) is 5.57. The van der Waals surface area contributed by atoms with Crippen molar-refractivity contribution in [1.29, 1.82) is 0 Å². The molecule has 0 radical (unpaired) electrons. The van der Waals surface area contributed by atoms with Gasteiger partial charge in [-0.05, 0) is 12.1 Å². The molecule has 0 spiro atoms. The van der Waals surface area contributed by atoms with Gasteiger partial charge in [-0.15, -0.1) is 0 Å². The Balaban J connectivity index is 2.40. The van der Waals surface area contributed by atoms with Gasteiger partial charge >= 0.3 is 0 Å². The van der Waals surface area contributed by atoms with Crippen LogP contribution in [0.1, 0.15) is 32.0 Å². The summed E-state index contributed by atoms with van der Waals surface area (Å²) < 4.78 is 6.45. The number of benzene rings is 1. The third-order valence-electron chi connectivity index (χ3n) is 3.22. The molecule has 2 aromatic rings. The number of nitrogens with zero attached hydrogens (tertiary/aromatic N) is 2. The maximum atomic E-state index is 12.5. The highest BCUT2D eigenvalue weighted by molar-refractivity contribution is 6.29. The zero-order chi connectivity index (χ0) is 13.7. The van der Waals surface area contributed by atoms with E-state index in [9.17, 15) is 14.7 Å². The second kappa shape index (κ2) is 3.68. The van der Waals surface area contributed by atoms with Crippen LogP contribution in [0, 0.1) is 0 Å². The molecule has 3 rings (SSSR count). The van der Waals surface area contributed by atoms with Crippen molar-refractivity contribution >= 4 is 11.6 Å². The lowest BCUT2D eigenvalue weighted by molar-refractivity contribution is 0.0968. The topological polar surface area (TPSA) is 81.4 Å². The minimum Gasteiger partial charge on any atom is -0.507 e. The van der Waals surface area contributed by atoms with Gasteiger partial charge in [0.25, 0.3) is 0 Å². The zero-order valence-electron chi connectivity index (χ0n) is 10.3. The van der Waals surface area contributed by atoms with Gasteiger partial charge < -0.3 is 9.84 Å². The molecule has 1 N–H and O–H groups in total. The van der Waals surface area contributed by atoms with Crippen molar-refractivity contribution in [2.45, 2.75) is 0 Å². The lowest BCUT2D eigenvalue weighted by atomic mass is 9.87. The van der Waals surface area contributed by atoms with Crippen LogP contribution in [0.15, 0.2) is 18.3 Å². The van der Waals surface area contributed by atoms with Crippen LogP contribution in [0.3, 0.4) is 0 Å². The largest absolute Gasteiger partial charge is 0.507 e. The summed E-state index contributed by atoms with van der Waals surface area (Å²) in [4.78, 5) is 24.8. The molecule has 0 saturated carbocycles. The Kier molecular flexibility index (Phi) is 2.22. The van der Waals surface area contributed by atoms with E-state index in [0.717, 1.165) is 0 Å². The molecule has 1 heterocycles. The second-order valence-electron chi connectivity index (χ2n) is 4.23. The number of aryl methyl sites for hydroxylation is 1. The summed E-state index contributed by atoms with van der Waals surface area (Å²) in [5.41, 5.74) is 0.471. The molecule has 19 heavy (non-hydrogen) atoms. The fraction of sp³-hybridized carbons (Fsp3) is 0.154. The standard InChI is InChI=1S/C13H10N2O4/c1-15-11-6(5-14-15)12(17)9-7(16)3-4-8(19-2)10(9)13(11)18/h3-5,16H,1-2H3. The molecule has 96 valence electrons. The van der Waals surface area contributed by atoms with Crippen LogP contribution in [0.5, 0.6) is 11.5 Å². The SMILES string of the molecule is COc1ccc(O)c2c1C(=O)c1c(cnn1C)C2=O. The number of rotatable bonds is 1. The lowest BCUT2D eigenvalue weighted by Crippen LogP contribution is -2.23. The van der Waals surface area contributed by atoms with E-state index < -0.39 is 5.78 Å². The van der Waals surface area contributed by atoms with Crippen LogP contribution in [-0.4, -0.2) is 33.6 Å². The number of methoxy groups -OCH3 is 1. The van der Waals surface area contributed by atoms with E-state index >= 15 is 0 Å². The number of ketones is 2. The number of phenols is 1. The molecular formula is C13H10N2O4. The van der Waals surface area contributed by atoms with Gasteiger partial charge in [0.05, 0.1) is 30.0 Å². The number of hydrogen-bond acceptors (Lipinski definition) is 5. The molecule has 0 fully saturated rings. The summed E-state index contributed by atoms with van der Waals surface area (Å²) in [7, 11) is 2.99. The molecule has 0 unspecified atom stereocenters. The maximum absolute atomic E-state index is 12.5. The highest BCUT2D eigenvalue weighted by Gasteiger charge is 2.37. The van der Waals surface area contributed by atoms with Crippen molar-refractivity contribution in [2.24, 2.45) is 7.05 Å². The Morgan fingerprint density at radius 1 is 1.21 bits per heavy atom. The summed E-state index contributed by atoms with van der Waals surface area (Å²) in [6.07, 6.45) is 1.33. The maximum Gasteiger partial charge on any atom is 0.216 e. The molecule has 0 atom stereocenters. The number of hydrogen-bond donors (Lipinski definition) is 1. The van der Waals surface area contributed by atoms with Crippen LogP contribution in [0.25, 0.3) is 0 Å². The molecular weight excluding hydrogens is 248 g/mol. The normalized spacial score (nSPS) is 13.2. The van der Waals surface area contributed by atoms with Gasteiger partial charge in [0.1, 0.15) is 17.2 Å². The van der Waals surface area contributed by atoms with Gasteiger partial charge in [-0.2, -0.15) is 5.10 Å². The third kappa shape index (κ3) is 1.33. The van der Waals surface area contributed by atoms with Gasteiger partial charge in [-0.1, -0.05) is 0 Å². The number of carbonyl (C=O) groups excluding carboxylic acids is 2. The van der Waals surface area contributed by atoms with Crippen molar-refractivity contribution in [3.63, 3.8) is 0 Å². The smallest absolute Gasteiger partial charge is 0.216 e. The molecule has 0 amide bonds. The predicted molar refractivity (Wildman–Crippen MR) is 64.7 cm³/mol. The van der Waals surface area contributed by atoms with Crippen molar-refractivity contribution in [3.05, 3.63) is 40.7 Å². The van der Waals surface area contributed by atoms with E-state index in [1.54, 1.807) is 7.05 Å². The fourth-order valence-corrected chi connectivity index (χ4v) is 2.32. The number of carbonyl (C=O) groups is 2. The van der Waals surface area contributed by atoms with Gasteiger partial charge in [-0.25, -0.2) is 0 Å². The average Bonchev–Trinajstić information content (AvgIpc) is 2.78. The Bertz CT molecular complexity index is 730. The van der Waals surface area contributed by atoms with Crippen LogP contribution in [0.4, 0.5) is 0 Å². The van der Waals surface area contributed by atoms with Crippen LogP contribution in [-0.2, 0) is 7.05 Å². The number of ether oxygens (including phenoxy) is 1. The molecule has 0 aliphatic heterocycles. The first kappa shape index (κ1) is 11.5. The predicted octanol–water partition coefficient (Wildman–Crippen LogP) is 0.910. The monoisotopic (exact) mass is 258 g/mol. The van der Waals surface area contributed by atoms with Crippen molar-refractivity contribution in [2.75, 3.05) is 7.11 Å². The number of fused-ring (bicyclic) bond motifs is 2. The summed E-state index contributed by atoms with van der Waals surface area (Å²) in [5, 5.41) is 13.8. The molecule has 1 aliphatic rings. The molecule has 0 bridgehead atoms. The Morgan fingerprint density at radius 2 is 1.95 bits per heavy atom. The first-order chi connectivity index (χ1) is 9.06. The van der Waals surface area contributed by atoms with E-state index in [1.165, 1.54) is 30.1 Å². The molecule has 6 nitrogen and oxygen atoms in total. The van der Waals surface area contributed by atoms with Gasteiger partial charge in [0.2, 0.25) is 11.6 Å². The van der Waals surface area contributed by atoms with Crippen LogP contribution in [0.2, 0.25) is 0 Å². The van der Waals surface area contributed by atoms with Crippen molar-refractivity contribution < 1.29 is 19.4 Å². The van der Waals surface area contributed by atoms with Crippen LogP contribution < -0.4 is 4.74 Å². The summed E-state index contributed by atoms with van der Waals surface area (Å²) >= 11 is 0. The lowest BCUT2D eigenvalue weighted by Gasteiger charge is -2.18. The van der Waals surface area contributed by atoms with Gasteiger partial charge in [0, 0.05) is 7.05 Å². The highest BCUT2D eigenvalue weighted by atomic mass is 16.5. The first-order valence-corrected chi connectivity index (χ1v) is 5.57. The zero-order valence-corrected chi connectivity index (χ0v) is 10.3. The van der Waals surface area contributed by atoms with E-state index in [4.69, 9.17) is 4.74 Å². The minimum absolute atomic E-state index is 0.0233. The molecule has 6 heteroatoms. The molecule has 1 aliphatic carbocycles. The van der Waals surface area contributed by atoms with Gasteiger partial charge in [0.15, 0.2) is 0 Å². The summed E-state index contributed by atoms with van der Waals surface area (Å²) in [5.74, 6) is -0.770. The summed E-state index contributed by atoms with van der Waals surface area (Å²) in [6, 6.07) is 2.80. The van der Waals surface area contributed by atoms with Crippen molar-refractivity contribution in [3.8, 4) is 11.5 Å². The molecule has 1 aromatic carbocycles. The second-order valence-corrected chi connectivity index (χ2v) is 4.23. The van der Waals surface area contributed by atoms with Gasteiger partial charge in [-0.3, -0.25) is 14.3 Å². The van der Waals surface area contributed by atoms with Crippen molar-refractivity contribution in [1.82, 2.24) is 9.78 Å². The quantitative estimate of drug-likeness (QED) is 0.701. The Labute approximate surface area is 108 Å². The van der Waals surface area contributed by atoms with E-state index in [2.05, 4.69) is 5.10 Å². The molecule has 0 saturated heterocycles. The van der Waals surface area contributed by atoms with E-state index in [1.807, 2.05) is 0 Å². The number of phenolic OH excluding ortho intramolecular Hbond substituents is 1. The van der Waals surface area contributed by atoms with E-state index in [0.29, 0.717) is 0 Å².